The number of nitrogens with zero attached hydrogens (tertiary/aromatic N) is 1. The second-order valence-electron chi connectivity index (χ2n) is 2.56. The summed E-state index contributed by atoms with van der Waals surface area (Å²) >= 11 is 0. The van der Waals surface area contributed by atoms with Crippen LogP contribution in [0.5, 0.6) is 0 Å². The molecular weight excluding hydrogens is 192 g/mol. The maximum Gasteiger partial charge on any atom is 0.335 e. The summed E-state index contributed by atoms with van der Waals surface area (Å²) in [4.78, 5) is 26.9. The quantitative estimate of drug-likeness (QED) is 0.458. The summed E-state index contributed by atoms with van der Waals surface area (Å²) in [6.07, 6.45) is -1.74. The summed E-state index contributed by atoms with van der Waals surface area (Å²) < 4.78 is 0. The number of H-pyrrole nitrogens is 1. The van der Waals surface area contributed by atoms with E-state index < -0.39 is 23.7 Å². The lowest BCUT2D eigenvalue weighted by molar-refractivity contribution is -0.153. The van der Waals surface area contributed by atoms with E-state index in [1.54, 1.807) is 0 Å². The van der Waals surface area contributed by atoms with Crippen molar-refractivity contribution in [3.8, 4) is 0 Å². The summed E-state index contributed by atoms with van der Waals surface area (Å²) in [7, 11) is 0. The van der Waals surface area contributed by atoms with Crippen LogP contribution in [0, 0.1) is 0 Å². The van der Waals surface area contributed by atoms with Gasteiger partial charge in [-0.15, -0.1) is 0 Å². The minimum Gasteiger partial charge on any atom is -0.479 e. The van der Waals surface area contributed by atoms with Gasteiger partial charge in [0.2, 0.25) is 0 Å². The predicted molar refractivity (Wildman–Crippen MR) is 43.5 cm³/mol. The van der Waals surface area contributed by atoms with E-state index >= 15 is 0 Å². The molecule has 1 aromatic rings. The molecule has 0 saturated heterocycles. The number of carboxylic acid groups (broad SMARTS) is 1. The van der Waals surface area contributed by atoms with Crippen molar-refractivity contribution in [2.45, 2.75) is 12.2 Å². The average Bonchev–Trinajstić information content (AvgIpc) is 2.16. The number of carbonyl (C=O) groups is 1. The van der Waals surface area contributed by atoms with Gasteiger partial charge in [0.15, 0.2) is 6.10 Å². The molecule has 0 amide bonds. The molecule has 0 saturated carbocycles. The Bertz CT molecular complexity index is 388. The van der Waals surface area contributed by atoms with Crippen LogP contribution in [0.2, 0.25) is 0 Å². The van der Waals surface area contributed by atoms with Crippen LogP contribution >= 0.6 is 0 Å². The van der Waals surface area contributed by atoms with Gasteiger partial charge in [0, 0.05) is 6.20 Å². The molecule has 0 aliphatic carbocycles. The van der Waals surface area contributed by atoms with Gasteiger partial charge in [-0.1, -0.05) is 0 Å². The Labute approximate surface area is 77.7 Å². The number of aliphatic carboxylic acids is 1. The summed E-state index contributed by atoms with van der Waals surface area (Å²) in [6.45, 7) is 0. The lowest BCUT2D eigenvalue weighted by atomic mass is 10.1. The van der Waals surface area contributed by atoms with Crippen molar-refractivity contribution >= 4 is 5.97 Å². The van der Waals surface area contributed by atoms with Crippen molar-refractivity contribution in [2.75, 3.05) is 0 Å². The van der Waals surface area contributed by atoms with Crippen LogP contribution in [0.25, 0.3) is 0 Å². The molecule has 4 N–H and O–H groups in total. The van der Waals surface area contributed by atoms with E-state index in [1.807, 2.05) is 0 Å². The van der Waals surface area contributed by atoms with Gasteiger partial charge >= 0.3 is 5.97 Å². The molecule has 7 heteroatoms. The van der Waals surface area contributed by atoms with Gasteiger partial charge in [-0.3, -0.25) is 4.79 Å². The lowest BCUT2D eigenvalue weighted by Gasteiger charge is -2.12. The minimum atomic E-state index is -2.04. The first-order valence-electron chi connectivity index (χ1n) is 3.65. The van der Waals surface area contributed by atoms with Crippen LogP contribution in [0.15, 0.2) is 17.3 Å². The third-order valence-corrected chi connectivity index (χ3v) is 1.62. The fourth-order valence-corrected chi connectivity index (χ4v) is 0.871. The molecule has 0 radical (unpaired) electrons. The molecule has 7 nitrogen and oxygen atoms in total. The molecular formula is C7H8N2O5. The zero-order chi connectivity index (χ0) is 10.7. The standard InChI is InChI=1S/C7H8N2O5/c10-4(5(11)7(13)14)3-1-8-2-9-6(3)12/h1-2,4-5,10-11H,(H,13,14)(H,8,9,12). The zero-order valence-electron chi connectivity index (χ0n) is 6.91. The van der Waals surface area contributed by atoms with Crippen molar-refractivity contribution < 1.29 is 20.1 Å². The Hall–Kier alpha value is -1.73. The summed E-state index contributed by atoms with van der Waals surface area (Å²) in [6, 6.07) is 0. The number of carboxylic acids is 1. The van der Waals surface area contributed by atoms with E-state index in [2.05, 4.69) is 9.97 Å². The Kier molecular flexibility index (Phi) is 2.95. The van der Waals surface area contributed by atoms with Crippen LogP contribution in [0.1, 0.15) is 11.7 Å². The number of rotatable bonds is 3. The topological polar surface area (TPSA) is 124 Å². The molecule has 0 spiro atoms. The van der Waals surface area contributed by atoms with E-state index in [1.165, 1.54) is 0 Å². The van der Waals surface area contributed by atoms with E-state index in [9.17, 15) is 14.7 Å². The highest BCUT2D eigenvalue weighted by atomic mass is 16.4. The normalized spacial score (nSPS) is 14.7. The van der Waals surface area contributed by atoms with Crippen molar-refractivity contribution in [2.24, 2.45) is 0 Å². The maximum absolute atomic E-state index is 11.0. The first kappa shape index (κ1) is 10.4. The first-order chi connectivity index (χ1) is 6.54. The van der Waals surface area contributed by atoms with Crippen molar-refractivity contribution in [1.29, 1.82) is 0 Å². The third kappa shape index (κ3) is 1.95. The predicted octanol–water partition coefficient (Wildman–Crippen LogP) is -1.75. The fraction of sp³-hybridized carbons (Fsp3) is 0.286. The van der Waals surface area contributed by atoms with Crippen molar-refractivity contribution in [1.82, 2.24) is 9.97 Å². The molecule has 0 aliphatic heterocycles. The van der Waals surface area contributed by atoms with Crippen LogP contribution in [0.3, 0.4) is 0 Å². The van der Waals surface area contributed by atoms with Gasteiger partial charge in [0.05, 0.1) is 11.9 Å². The molecule has 0 aromatic carbocycles. The Morgan fingerprint density at radius 3 is 2.64 bits per heavy atom. The Balaban J connectivity index is 3.01. The summed E-state index contributed by atoms with van der Waals surface area (Å²) in [5, 5.41) is 26.6. The minimum absolute atomic E-state index is 0.289. The summed E-state index contributed by atoms with van der Waals surface area (Å²) in [5.74, 6) is -1.61. The number of aliphatic hydroxyl groups is 2. The summed E-state index contributed by atoms with van der Waals surface area (Å²) in [5.41, 5.74) is -0.977. The number of hydrogen-bond acceptors (Lipinski definition) is 5. The number of aromatic nitrogens is 2. The van der Waals surface area contributed by atoms with Crippen LogP contribution in [0.4, 0.5) is 0 Å². The monoisotopic (exact) mass is 200 g/mol. The number of hydrogen-bond donors (Lipinski definition) is 4. The first-order valence-corrected chi connectivity index (χ1v) is 3.65. The second kappa shape index (κ2) is 3.99. The number of aromatic amines is 1. The van der Waals surface area contributed by atoms with Crippen LogP contribution in [-0.2, 0) is 4.79 Å². The van der Waals surface area contributed by atoms with Gasteiger partial charge < -0.3 is 20.3 Å². The van der Waals surface area contributed by atoms with Gasteiger partial charge in [-0.05, 0) is 0 Å². The smallest absolute Gasteiger partial charge is 0.335 e. The molecule has 2 unspecified atom stereocenters. The Morgan fingerprint density at radius 2 is 2.14 bits per heavy atom. The maximum atomic E-state index is 11.0. The van der Waals surface area contributed by atoms with Gasteiger partial charge in [0.1, 0.15) is 6.10 Å². The highest BCUT2D eigenvalue weighted by Gasteiger charge is 2.27. The molecule has 1 heterocycles. The molecule has 0 bridgehead atoms. The van der Waals surface area contributed by atoms with Crippen LogP contribution in [-0.4, -0.2) is 37.4 Å². The van der Waals surface area contributed by atoms with Gasteiger partial charge in [-0.2, -0.15) is 0 Å². The lowest BCUT2D eigenvalue weighted by Crippen LogP contribution is -2.31. The molecule has 1 rings (SSSR count). The van der Waals surface area contributed by atoms with Crippen molar-refractivity contribution in [3.63, 3.8) is 0 Å². The highest BCUT2D eigenvalue weighted by Crippen LogP contribution is 2.11. The molecule has 76 valence electrons. The fourth-order valence-electron chi connectivity index (χ4n) is 0.871. The van der Waals surface area contributed by atoms with Gasteiger partial charge in [0.25, 0.3) is 5.56 Å². The SMILES string of the molecule is O=C(O)C(O)C(O)c1cnc[nH]c1=O. The number of nitrogens with one attached hydrogen (secondary N) is 1. The van der Waals surface area contributed by atoms with Crippen LogP contribution < -0.4 is 5.56 Å². The van der Waals surface area contributed by atoms with E-state index in [0.29, 0.717) is 0 Å². The molecule has 1 aromatic heterocycles. The van der Waals surface area contributed by atoms with E-state index in [-0.39, 0.29) is 5.56 Å². The van der Waals surface area contributed by atoms with Gasteiger partial charge in [-0.25, -0.2) is 9.78 Å². The average molecular weight is 200 g/mol. The molecule has 0 fully saturated rings. The Morgan fingerprint density at radius 1 is 1.50 bits per heavy atom. The highest BCUT2D eigenvalue weighted by molar-refractivity contribution is 5.72. The molecule has 14 heavy (non-hydrogen) atoms. The molecule has 2 atom stereocenters. The van der Waals surface area contributed by atoms with E-state index in [4.69, 9.17) is 10.2 Å². The largest absolute Gasteiger partial charge is 0.479 e. The molecule has 0 aliphatic rings. The second-order valence-corrected chi connectivity index (χ2v) is 2.56. The van der Waals surface area contributed by atoms with E-state index in [0.717, 1.165) is 12.5 Å². The van der Waals surface area contributed by atoms with Crippen molar-refractivity contribution in [3.05, 3.63) is 28.4 Å². The zero-order valence-corrected chi connectivity index (χ0v) is 6.91. The third-order valence-electron chi connectivity index (χ3n) is 1.62. The number of aliphatic hydroxyl groups excluding tert-OH is 2.